The number of halogens is 1. The van der Waals surface area contributed by atoms with Gasteiger partial charge in [0.25, 0.3) is 0 Å². The molecule has 3 rings (SSSR count). The Kier molecular flexibility index (Phi) is 5.41. The van der Waals surface area contributed by atoms with Gasteiger partial charge in [-0.3, -0.25) is 0 Å². The van der Waals surface area contributed by atoms with Crippen molar-refractivity contribution in [3.05, 3.63) is 54.1 Å². The van der Waals surface area contributed by atoms with Crippen LogP contribution in [0.2, 0.25) is 0 Å². The van der Waals surface area contributed by atoms with E-state index in [0.29, 0.717) is 12.1 Å². The van der Waals surface area contributed by atoms with Crippen LogP contribution in [0.5, 0.6) is 0 Å². The highest BCUT2D eigenvalue weighted by Gasteiger charge is 2.35. The number of benzene rings is 1. The zero-order valence-corrected chi connectivity index (χ0v) is 16.0. The molecule has 0 unspecified atom stereocenters. The lowest BCUT2D eigenvalue weighted by Crippen LogP contribution is -2.42. The zero-order valence-electron chi connectivity index (χ0n) is 15.2. The fourth-order valence-electron chi connectivity index (χ4n) is 3.32. The summed E-state index contributed by atoms with van der Waals surface area (Å²) in [6.07, 6.45) is 1.42. The number of likely N-dealkylation sites (tertiary alicyclic amines) is 1. The Bertz CT molecular complexity index is 869. The predicted molar refractivity (Wildman–Crippen MR) is 101 cm³/mol. The Balaban J connectivity index is 1.84. The number of hydrogen-bond donors (Lipinski definition) is 1. The number of rotatable bonds is 5. The minimum atomic E-state index is -3.34. The van der Waals surface area contributed by atoms with Crippen molar-refractivity contribution in [2.24, 2.45) is 0 Å². The summed E-state index contributed by atoms with van der Waals surface area (Å²) in [7, 11) is -1.36. The minimum Gasteiger partial charge on any atom is -0.304 e. The maximum absolute atomic E-state index is 13.9. The van der Waals surface area contributed by atoms with Gasteiger partial charge in [-0.1, -0.05) is 24.3 Å². The standard InChI is InChI=1S/C19H24FN3O2S/c1-13(2)26(24,25)22-18-12-23(3)11-17(18)15-8-6-14(7-9-15)16-5-4-10-21-19(16)20/h4-10,13,17-18,22H,11-12H2,1-3H3/t17-,18+/m0/s1. The average molecular weight is 377 g/mol. The van der Waals surface area contributed by atoms with E-state index in [2.05, 4.69) is 14.6 Å². The smallest absolute Gasteiger partial charge is 0.220 e. The molecule has 5 nitrogen and oxygen atoms in total. The van der Waals surface area contributed by atoms with Crippen LogP contribution in [-0.2, 0) is 10.0 Å². The normalized spacial score (nSPS) is 21.4. The molecular formula is C19H24FN3O2S. The maximum Gasteiger partial charge on any atom is 0.220 e. The Morgan fingerprint density at radius 3 is 2.50 bits per heavy atom. The second-order valence-corrected chi connectivity index (χ2v) is 9.38. The molecule has 1 aliphatic rings. The number of nitrogens with zero attached hydrogens (tertiary/aromatic N) is 2. The van der Waals surface area contributed by atoms with Crippen molar-refractivity contribution in [1.82, 2.24) is 14.6 Å². The lowest BCUT2D eigenvalue weighted by Gasteiger charge is -2.22. The van der Waals surface area contributed by atoms with Gasteiger partial charge in [0.05, 0.1) is 5.25 Å². The molecule has 140 valence electrons. The van der Waals surface area contributed by atoms with Crippen molar-refractivity contribution in [1.29, 1.82) is 0 Å². The molecule has 0 aliphatic carbocycles. The van der Waals surface area contributed by atoms with Crippen LogP contribution >= 0.6 is 0 Å². The van der Waals surface area contributed by atoms with Crippen LogP contribution in [0.15, 0.2) is 42.6 Å². The summed E-state index contributed by atoms with van der Waals surface area (Å²) in [5, 5.41) is -0.468. The third-order valence-corrected chi connectivity index (χ3v) is 6.72. The molecule has 2 atom stereocenters. The Labute approximate surface area is 154 Å². The summed E-state index contributed by atoms with van der Waals surface area (Å²) < 4.78 is 41.2. The van der Waals surface area contributed by atoms with E-state index in [0.717, 1.165) is 17.7 Å². The van der Waals surface area contributed by atoms with Crippen molar-refractivity contribution >= 4 is 10.0 Å². The fraction of sp³-hybridized carbons (Fsp3) is 0.421. The van der Waals surface area contributed by atoms with Crippen LogP contribution in [0, 0.1) is 5.95 Å². The summed E-state index contributed by atoms with van der Waals surface area (Å²) in [6.45, 7) is 4.78. The van der Waals surface area contributed by atoms with Crippen LogP contribution in [0.3, 0.4) is 0 Å². The van der Waals surface area contributed by atoms with Crippen LogP contribution in [0.4, 0.5) is 4.39 Å². The summed E-state index contributed by atoms with van der Waals surface area (Å²) in [5.41, 5.74) is 2.25. The van der Waals surface area contributed by atoms with Gasteiger partial charge in [-0.15, -0.1) is 0 Å². The highest BCUT2D eigenvalue weighted by Crippen LogP contribution is 2.30. The van der Waals surface area contributed by atoms with Crippen molar-refractivity contribution in [3.63, 3.8) is 0 Å². The van der Waals surface area contributed by atoms with Crippen molar-refractivity contribution < 1.29 is 12.8 Å². The lowest BCUT2D eigenvalue weighted by molar-refractivity contribution is 0.404. The Hall–Kier alpha value is -1.83. The third kappa shape index (κ3) is 3.95. The van der Waals surface area contributed by atoms with Crippen molar-refractivity contribution in [2.75, 3.05) is 20.1 Å². The lowest BCUT2D eigenvalue weighted by atomic mass is 9.93. The topological polar surface area (TPSA) is 62.3 Å². The minimum absolute atomic E-state index is 0.0568. The summed E-state index contributed by atoms with van der Waals surface area (Å²) in [6, 6.07) is 10.8. The highest BCUT2D eigenvalue weighted by molar-refractivity contribution is 7.90. The van der Waals surface area contributed by atoms with E-state index in [4.69, 9.17) is 0 Å². The molecule has 2 heterocycles. The van der Waals surface area contributed by atoms with E-state index in [1.165, 1.54) is 6.20 Å². The first kappa shape index (κ1) is 18.9. The van der Waals surface area contributed by atoms with Gasteiger partial charge < -0.3 is 4.90 Å². The number of nitrogens with one attached hydrogen (secondary N) is 1. The van der Waals surface area contributed by atoms with E-state index in [-0.39, 0.29) is 12.0 Å². The molecule has 1 fully saturated rings. The molecule has 0 saturated carbocycles. The molecule has 0 bridgehead atoms. The number of pyridine rings is 1. The zero-order chi connectivity index (χ0) is 18.9. The molecule has 26 heavy (non-hydrogen) atoms. The van der Waals surface area contributed by atoms with E-state index in [1.54, 1.807) is 26.0 Å². The second-order valence-electron chi connectivity index (χ2n) is 7.11. The van der Waals surface area contributed by atoms with Gasteiger partial charge in [0.15, 0.2) is 0 Å². The van der Waals surface area contributed by atoms with Crippen molar-refractivity contribution in [2.45, 2.75) is 31.1 Å². The van der Waals surface area contributed by atoms with Crippen LogP contribution < -0.4 is 4.72 Å². The molecule has 2 aromatic rings. The fourth-order valence-corrected chi connectivity index (χ4v) is 4.25. The van der Waals surface area contributed by atoms with Crippen molar-refractivity contribution in [3.8, 4) is 11.1 Å². The van der Waals surface area contributed by atoms with Gasteiger partial charge in [0.1, 0.15) is 0 Å². The molecule has 1 aromatic carbocycles. The SMILES string of the molecule is CC(C)S(=O)(=O)N[C@@H]1CN(C)C[C@H]1c1ccc(-c2cccnc2F)cc1. The molecule has 1 N–H and O–H groups in total. The van der Waals surface area contributed by atoms with Gasteiger partial charge in [-0.2, -0.15) is 4.39 Å². The predicted octanol–water partition coefficient (Wildman–Crippen LogP) is 2.61. The number of hydrogen-bond acceptors (Lipinski definition) is 4. The first-order chi connectivity index (χ1) is 12.3. The average Bonchev–Trinajstić information content (AvgIpc) is 2.95. The molecule has 1 aromatic heterocycles. The van der Waals surface area contributed by atoms with Gasteiger partial charge in [0.2, 0.25) is 16.0 Å². The maximum atomic E-state index is 13.9. The largest absolute Gasteiger partial charge is 0.304 e. The molecular weight excluding hydrogens is 353 g/mol. The van der Waals surface area contributed by atoms with E-state index in [9.17, 15) is 12.8 Å². The number of likely N-dealkylation sites (N-methyl/N-ethyl adjacent to an activating group) is 1. The van der Waals surface area contributed by atoms with E-state index < -0.39 is 21.2 Å². The number of sulfonamides is 1. The van der Waals surface area contributed by atoms with Gasteiger partial charge in [-0.25, -0.2) is 18.1 Å². The Morgan fingerprint density at radius 2 is 1.88 bits per heavy atom. The highest BCUT2D eigenvalue weighted by atomic mass is 32.2. The van der Waals surface area contributed by atoms with Crippen LogP contribution in [-0.4, -0.2) is 49.7 Å². The summed E-state index contributed by atoms with van der Waals surface area (Å²) in [4.78, 5) is 5.80. The van der Waals surface area contributed by atoms with E-state index in [1.807, 2.05) is 31.3 Å². The molecule has 1 saturated heterocycles. The Morgan fingerprint density at radius 1 is 1.19 bits per heavy atom. The second kappa shape index (κ2) is 7.42. The summed E-state index contributed by atoms with van der Waals surface area (Å²) >= 11 is 0. The molecule has 0 amide bonds. The first-order valence-electron chi connectivity index (χ1n) is 8.68. The number of aromatic nitrogens is 1. The van der Waals surface area contributed by atoms with Gasteiger partial charge in [0, 0.05) is 36.8 Å². The molecule has 1 aliphatic heterocycles. The van der Waals surface area contributed by atoms with E-state index >= 15 is 0 Å². The molecule has 7 heteroatoms. The molecule has 0 radical (unpaired) electrons. The first-order valence-corrected chi connectivity index (χ1v) is 10.2. The summed E-state index contributed by atoms with van der Waals surface area (Å²) in [5.74, 6) is -0.440. The quantitative estimate of drug-likeness (QED) is 0.814. The monoisotopic (exact) mass is 377 g/mol. The van der Waals surface area contributed by atoms with Crippen LogP contribution in [0.1, 0.15) is 25.3 Å². The van der Waals surface area contributed by atoms with Gasteiger partial charge in [-0.05, 0) is 44.2 Å². The third-order valence-electron chi connectivity index (χ3n) is 4.85. The van der Waals surface area contributed by atoms with Gasteiger partial charge >= 0.3 is 0 Å². The van der Waals surface area contributed by atoms with Crippen LogP contribution in [0.25, 0.3) is 11.1 Å². The molecule has 0 spiro atoms.